The van der Waals surface area contributed by atoms with Gasteiger partial charge in [-0.2, -0.15) is 0 Å². The third-order valence-electron chi connectivity index (χ3n) is 4.46. The van der Waals surface area contributed by atoms with Crippen molar-refractivity contribution in [3.8, 4) is 11.5 Å². The Bertz CT molecular complexity index is 1160. The monoisotopic (exact) mass is 471 g/mol. The van der Waals surface area contributed by atoms with E-state index in [0.29, 0.717) is 29.5 Å². The van der Waals surface area contributed by atoms with Gasteiger partial charge in [0, 0.05) is 42.1 Å². The molecule has 0 saturated heterocycles. The quantitative estimate of drug-likeness (QED) is 0.360. The van der Waals surface area contributed by atoms with Crippen molar-refractivity contribution < 1.29 is 18.7 Å². The minimum Gasteiger partial charge on any atom is -0.457 e. The molecule has 33 heavy (non-hydrogen) atoms. The van der Waals surface area contributed by atoms with Crippen molar-refractivity contribution in [3.63, 3.8) is 0 Å². The first-order valence-electron chi connectivity index (χ1n) is 10.1. The second-order valence-corrected chi connectivity index (χ2v) is 7.43. The van der Waals surface area contributed by atoms with Gasteiger partial charge in [0.1, 0.15) is 23.0 Å². The number of aryl methyl sites for hydroxylation is 1. The Morgan fingerprint density at radius 3 is 2.55 bits per heavy atom. The molecule has 0 spiro atoms. The zero-order valence-electron chi connectivity index (χ0n) is 18.0. The SMILES string of the molecule is CNCCNC(=O)c1cc(Oc2ccc(NC(=O)Nc3ccc(Cl)c(C)c3)c(F)c2)ccn1. The Morgan fingerprint density at radius 1 is 1.03 bits per heavy atom. The third-order valence-corrected chi connectivity index (χ3v) is 4.89. The van der Waals surface area contributed by atoms with Gasteiger partial charge in [0.25, 0.3) is 5.91 Å². The number of anilines is 2. The molecule has 0 radical (unpaired) electrons. The highest BCUT2D eigenvalue weighted by atomic mass is 35.5. The Morgan fingerprint density at radius 2 is 1.82 bits per heavy atom. The number of rotatable bonds is 8. The number of urea groups is 1. The molecule has 172 valence electrons. The highest BCUT2D eigenvalue weighted by Gasteiger charge is 2.12. The lowest BCUT2D eigenvalue weighted by Gasteiger charge is -2.11. The van der Waals surface area contributed by atoms with E-state index in [1.807, 2.05) is 6.92 Å². The first-order valence-corrected chi connectivity index (χ1v) is 10.4. The summed E-state index contributed by atoms with van der Waals surface area (Å²) in [5.74, 6) is -0.517. The van der Waals surface area contributed by atoms with Crippen LogP contribution in [-0.2, 0) is 0 Å². The van der Waals surface area contributed by atoms with Gasteiger partial charge < -0.3 is 26.0 Å². The van der Waals surface area contributed by atoms with Crippen molar-refractivity contribution >= 4 is 34.9 Å². The largest absolute Gasteiger partial charge is 0.457 e. The van der Waals surface area contributed by atoms with Crippen LogP contribution < -0.4 is 26.0 Å². The highest BCUT2D eigenvalue weighted by molar-refractivity contribution is 6.31. The molecule has 0 fully saturated rings. The molecular weight excluding hydrogens is 449 g/mol. The molecular formula is C23H23ClFN5O3. The zero-order valence-corrected chi connectivity index (χ0v) is 18.8. The smallest absolute Gasteiger partial charge is 0.323 e. The molecule has 3 rings (SSSR count). The average Bonchev–Trinajstić information content (AvgIpc) is 2.78. The van der Waals surface area contributed by atoms with Crippen LogP contribution in [0.3, 0.4) is 0 Å². The molecule has 10 heteroatoms. The Hall–Kier alpha value is -3.69. The predicted molar refractivity (Wildman–Crippen MR) is 126 cm³/mol. The number of amides is 3. The van der Waals surface area contributed by atoms with Crippen molar-refractivity contribution in [2.24, 2.45) is 0 Å². The molecule has 3 aromatic rings. The number of aromatic nitrogens is 1. The van der Waals surface area contributed by atoms with Crippen molar-refractivity contribution in [1.82, 2.24) is 15.6 Å². The lowest BCUT2D eigenvalue weighted by Crippen LogP contribution is -2.30. The number of hydrogen-bond donors (Lipinski definition) is 4. The van der Waals surface area contributed by atoms with Gasteiger partial charge in [-0.25, -0.2) is 9.18 Å². The predicted octanol–water partition coefficient (Wildman–Crippen LogP) is 4.57. The van der Waals surface area contributed by atoms with E-state index >= 15 is 0 Å². The lowest BCUT2D eigenvalue weighted by molar-refractivity contribution is 0.0949. The Labute approximate surface area is 195 Å². The molecule has 0 aliphatic heterocycles. The number of ether oxygens (including phenoxy) is 1. The van der Waals surface area contributed by atoms with E-state index in [0.717, 1.165) is 11.6 Å². The molecule has 1 aromatic heterocycles. The minimum absolute atomic E-state index is 0.0233. The fourth-order valence-electron chi connectivity index (χ4n) is 2.79. The molecule has 0 saturated carbocycles. The fraction of sp³-hybridized carbons (Fsp3) is 0.174. The van der Waals surface area contributed by atoms with Gasteiger partial charge in [0.2, 0.25) is 0 Å². The standard InChI is InChI=1S/C23H23ClFN5O3/c1-14-11-15(3-5-18(14)24)29-23(32)30-20-6-4-16(12-19(20)25)33-17-7-8-27-21(13-17)22(31)28-10-9-26-2/h3-8,11-13,26H,9-10H2,1-2H3,(H,28,31)(H2,29,30,32). The van der Waals surface area contributed by atoms with E-state index in [9.17, 15) is 14.0 Å². The summed E-state index contributed by atoms with van der Waals surface area (Å²) in [6, 6.07) is 11.4. The summed E-state index contributed by atoms with van der Waals surface area (Å²) in [6.45, 7) is 2.89. The molecule has 8 nitrogen and oxygen atoms in total. The lowest BCUT2D eigenvalue weighted by atomic mass is 10.2. The van der Waals surface area contributed by atoms with Crippen LogP contribution in [-0.4, -0.2) is 37.1 Å². The summed E-state index contributed by atoms with van der Waals surface area (Å²) >= 11 is 5.97. The van der Waals surface area contributed by atoms with Crippen LogP contribution in [0.15, 0.2) is 54.7 Å². The maximum absolute atomic E-state index is 14.5. The van der Waals surface area contributed by atoms with Gasteiger partial charge in [-0.05, 0) is 55.9 Å². The average molecular weight is 472 g/mol. The van der Waals surface area contributed by atoms with Gasteiger partial charge in [0.05, 0.1) is 5.69 Å². The van der Waals surface area contributed by atoms with Gasteiger partial charge in [-0.1, -0.05) is 11.6 Å². The van der Waals surface area contributed by atoms with Crippen LogP contribution in [0.5, 0.6) is 11.5 Å². The van der Waals surface area contributed by atoms with Crippen LogP contribution in [0.1, 0.15) is 16.1 Å². The Balaban J connectivity index is 1.62. The van der Waals surface area contributed by atoms with Crippen LogP contribution in [0, 0.1) is 12.7 Å². The molecule has 1 heterocycles. The number of nitrogens with zero attached hydrogens (tertiary/aromatic N) is 1. The van der Waals surface area contributed by atoms with Crippen molar-refractivity contribution in [3.05, 3.63) is 76.8 Å². The molecule has 0 unspecified atom stereocenters. The molecule has 4 N–H and O–H groups in total. The Kier molecular flexibility index (Phi) is 8.17. The highest BCUT2D eigenvalue weighted by Crippen LogP contribution is 2.26. The summed E-state index contributed by atoms with van der Waals surface area (Å²) < 4.78 is 20.2. The van der Waals surface area contributed by atoms with E-state index in [4.69, 9.17) is 16.3 Å². The molecule has 0 aliphatic carbocycles. The van der Waals surface area contributed by atoms with E-state index < -0.39 is 11.8 Å². The van der Waals surface area contributed by atoms with Gasteiger partial charge in [-0.3, -0.25) is 9.78 Å². The number of hydrogen-bond acceptors (Lipinski definition) is 5. The number of carbonyl (C=O) groups excluding carboxylic acids is 2. The minimum atomic E-state index is -0.686. The molecule has 3 amide bonds. The molecule has 0 bridgehead atoms. The summed E-state index contributed by atoms with van der Waals surface area (Å²) in [7, 11) is 1.78. The van der Waals surface area contributed by atoms with Gasteiger partial charge in [-0.15, -0.1) is 0 Å². The van der Waals surface area contributed by atoms with E-state index in [1.165, 1.54) is 24.4 Å². The van der Waals surface area contributed by atoms with Gasteiger partial charge >= 0.3 is 6.03 Å². The third kappa shape index (κ3) is 6.90. The maximum Gasteiger partial charge on any atom is 0.323 e. The number of likely N-dealkylation sites (N-methyl/N-ethyl adjacent to an activating group) is 1. The topological polar surface area (TPSA) is 104 Å². The summed E-state index contributed by atoms with van der Waals surface area (Å²) in [6.07, 6.45) is 1.43. The second-order valence-electron chi connectivity index (χ2n) is 7.02. The number of carbonyl (C=O) groups is 2. The van der Waals surface area contributed by atoms with Crippen LogP contribution in [0.4, 0.5) is 20.6 Å². The van der Waals surface area contributed by atoms with Crippen molar-refractivity contribution in [2.45, 2.75) is 6.92 Å². The molecule has 0 atom stereocenters. The van der Waals surface area contributed by atoms with Crippen molar-refractivity contribution in [1.29, 1.82) is 0 Å². The van der Waals surface area contributed by atoms with E-state index in [-0.39, 0.29) is 23.0 Å². The van der Waals surface area contributed by atoms with Crippen LogP contribution in [0.2, 0.25) is 5.02 Å². The fourth-order valence-corrected chi connectivity index (χ4v) is 2.91. The van der Waals surface area contributed by atoms with Crippen molar-refractivity contribution in [2.75, 3.05) is 30.8 Å². The number of nitrogens with one attached hydrogen (secondary N) is 4. The molecule has 2 aromatic carbocycles. The summed E-state index contributed by atoms with van der Waals surface area (Å²) in [5, 5.41) is 11.3. The van der Waals surface area contributed by atoms with E-state index in [2.05, 4.69) is 26.3 Å². The van der Waals surface area contributed by atoms with Crippen LogP contribution >= 0.6 is 11.6 Å². The number of halogens is 2. The number of benzene rings is 2. The summed E-state index contributed by atoms with van der Waals surface area (Å²) in [5.41, 5.74) is 1.48. The number of pyridine rings is 1. The zero-order chi connectivity index (χ0) is 23.8. The first kappa shape index (κ1) is 24.0. The normalized spacial score (nSPS) is 10.4. The maximum atomic E-state index is 14.5. The second kappa shape index (κ2) is 11.3. The summed E-state index contributed by atoms with van der Waals surface area (Å²) in [4.78, 5) is 28.3. The van der Waals surface area contributed by atoms with Gasteiger partial charge in [0.15, 0.2) is 0 Å². The van der Waals surface area contributed by atoms with Crippen LogP contribution in [0.25, 0.3) is 0 Å². The van der Waals surface area contributed by atoms with E-state index in [1.54, 1.807) is 31.3 Å². The first-order chi connectivity index (χ1) is 15.9. The molecule has 0 aliphatic rings.